The SMILES string of the molecule is Cc1cnc(CNC(=O)N2CCCC(CC(=O)O)C2)cn1. The lowest BCUT2D eigenvalue weighted by Gasteiger charge is -2.32. The molecule has 1 aromatic rings. The Balaban J connectivity index is 1.82. The molecule has 114 valence electrons. The van der Waals surface area contributed by atoms with Gasteiger partial charge in [0.1, 0.15) is 0 Å². The second-order valence-electron chi connectivity index (χ2n) is 5.36. The fraction of sp³-hybridized carbons (Fsp3) is 0.571. The Kier molecular flexibility index (Phi) is 5.08. The molecular formula is C14H20N4O3. The Morgan fingerprint density at radius 2 is 2.24 bits per heavy atom. The quantitative estimate of drug-likeness (QED) is 0.869. The van der Waals surface area contributed by atoms with Gasteiger partial charge < -0.3 is 15.3 Å². The lowest BCUT2D eigenvalue weighted by Crippen LogP contribution is -2.45. The molecule has 1 saturated heterocycles. The zero-order valence-corrected chi connectivity index (χ0v) is 12.1. The number of carbonyl (C=O) groups excluding carboxylic acids is 1. The Hall–Kier alpha value is -2.18. The van der Waals surface area contributed by atoms with Gasteiger partial charge in [-0.1, -0.05) is 0 Å². The molecule has 7 heteroatoms. The van der Waals surface area contributed by atoms with Gasteiger partial charge in [0.25, 0.3) is 0 Å². The van der Waals surface area contributed by atoms with Crippen LogP contribution in [0.1, 0.15) is 30.7 Å². The number of nitrogens with zero attached hydrogens (tertiary/aromatic N) is 3. The molecule has 2 rings (SSSR count). The summed E-state index contributed by atoms with van der Waals surface area (Å²) < 4.78 is 0. The minimum atomic E-state index is -0.808. The second kappa shape index (κ2) is 7.01. The van der Waals surface area contributed by atoms with Crippen molar-refractivity contribution in [3.8, 4) is 0 Å². The van der Waals surface area contributed by atoms with Crippen LogP contribution in [-0.2, 0) is 11.3 Å². The molecule has 1 aliphatic heterocycles. The van der Waals surface area contributed by atoms with Crippen molar-refractivity contribution in [2.45, 2.75) is 32.7 Å². The maximum Gasteiger partial charge on any atom is 0.317 e. The number of hydrogen-bond acceptors (Lipinski definition) is 4. The lowest BCUT2D eigenvalue weighted by molar-refractivity contribution is -0.138. The number of piperidine rings is 1. The van der Waals surface area contributed by atoms with Crippen LogP contribution in [0.4, 0.5) is 4.79 Å². The van der Waals surface area contributed by atoms with Gasteiger partial charge in [0.05, 0.1) is 24.1 Å². The third-order valence-electron chi connectivity index (χ3n) is 3.52. The van der Waals surface area contributed by atoms with Gasteiger partial charge in [-0.3, -0.25) is 14.8 Å². The van der Waals surface area contributed by atoms with Gasteiger partial charge in [0.15, 0.2) is 0 Å². The van der Waals surface area contributed by atoms with E-state index < -0.39 is 5.97 Å². The highest BCUT2D eigenvalue weighted by Crippen LogP contribution is 2.19. The highest BCUT2D eigenvalue weighted by atomic mass is 16.4. The fourth-order valence-corrected chi connectivity index (χ4v) is 2.45. The minimum Gasteiger partial charge on any atom is -0.481 e. The van der Waals surface area contributed by atoms with Gasteiger partial charge in [0.2, 0.25) is 0 Å². The van der Waals surface area contributed by atoms with Gasteiger partial charge in [-0.05, 0) is 25.7 Å². The van der Waals surface area contributed by atoms with Crippen LogP contribution in [0.25, 0.3) is 0 Å². The van der Waals surface area contributed by atoms with Gasteiger partial charge >= 0.3 is 12.0 Å². The normalized spacial score (nSPS) is 18.3. The molecular weight excluding hydrogens is 272 g/mol. The van der Waals surface area contributed by atoms with E-state index in [0.29, 0.717) is 25.3 Å². The maximum atomic E-state index is 12.1. The summed E-state index contributed by atoms with van der Waals surface area (Å²) >= 11 is 0. The van der Waals surface area contributed by atoms with E-state index in [9.17, 15) is 9.59 Å². The van der Waals surface area contributed by atoms with Gasteiger partial charge in [0, 0.05) is 25.7 Å². The first-order valence-electron chi connectivity index (χ1n) is 7.06. The number of urea groups is 1. The number of carboxylic acid groups (broad SMARTS) is 1. The number of rotatable bonds is 4. The number of hydrogen-bond donors (Lipinski definition) is 2. The van der Waals surface area contributed by atoms with Crippen LogP contribution in [0, 0.1) is 12.8 Å². The Morgan fingerprint density at radius 3 is 2.90 bits per heavy atom. The molecule has 2 heterocycles. The van der Waals surface area contributed by atoms with E-state index in [1.165, 1.54) is 0 Å². The van der Waals surface area contributed by atoms with Crippen molar-refractivity contribution in [2.75, 3.05) is 13.1 Å². The molecule has 1 fully saturated rings. The largest absolute Gasteiger partial charge is 0.481 e. The third-order valence-corrected chi connectivity index (χ3v) is 3.52. The second-order valence-corrected chi connectivity index (χ2v) is 5.36. The third kappa shape index (κ3) is 4.70. The molecule has 1 unspecified atom stereocenters. The highest BCUT2D eigenvalue weighted by molar-refractivity contribution is 5.74. The Morgan fingerprint density at radius 1 is 1.43 bits per heavy atom. The molecule has 2 N–H and O–H groups in total. The first-order valence-corrected chi connectivity index (χ1v) is 7.06. The van der Waals surface area contributed by atoms with Crippen LogP contribution in [-0.4, -0.2) is 45.1 Å². The molecule has 7 nitrogen and oxygen atoms in total. The van der Waals surface area contributed by atoms with E-state index in [2.05, 4.69) is 15.3 Å². The van der Waals surface area contributed by atoms with Crippen molar-refractivity contribution in [3.05, 3.63) is 23.8 Å². The average molecular weight is 292 g/mol. The predicted octanol–water partition coefficient (Wildman–Crippen LogP) is 1.18. The van der Waals surface area contributed by atoms with E-state index in [1.807, 2.05) is 6.92 Å². The number of nitrogens with one attached hydrogen (secondary N) is 1. The van der Waals surface area contributed by atoms with Crippen LogP contribution in [0.15, 0.2) is 12.4 Å². The van der Waals surface area contributed by atoms with Crippen LogP contribution in [0.3, 0.4) is 0 Å². The predicted molar refractivity (Wildman–Crippen MR) is 75.6 cm³/mol. The van der Waals surface area contributed by atoms with E-state index in [1.54, 1.807) is 17.3 Å². The summed E-state index contributed by atoms with van der Waals surface area (Å²) in [5, 5.41) is 11.6. The average Bonchev–Trinajstić information content (AvgIpc) is 2.46. The number of aromatic nitrogens is 2. The smallest absolute Gasteiger partial charge is 0.317 e. The minimum absolute atomic E-state index is 0.0427. The maximum absolute atomic E-state index is 12.1. The molecule has 0 bridgehead atoms. The molecule has 21 heavy (non-hydrogen) atoms. The van der Waals surface area contributed by atoms with E-state index >= 15 is 0 Å². The van der Waals surface area contributed by atoms with Crippen molar-refractivity contribution < 1.29 is 14.7 Å². The van der Waals surface area contributed by atoms with Crippen LogP contribution < -0.4 is 5.32 Å². The molecule has 2 amide bonds. The summed E-state index contributed by atoms with van der Waals surface area (Å²) in [7, 11) is 0. The topological polar surface area (TPSA) is 95.4 Å². The molecule has 0 aliphatic carbocycles. The summed E-state index contributed by atoms with van der Waals surface area (Å²) in [4.78, 5) is 32.8. The zero-order valence-electron chi connectivity index (χ0n) is 12.1. The molecule has 1 aromatic heterocycles. The van der Waals surface area contributed by atoms with E-state index in [-0.39, 0.29) is 18.4 Å². The summed E-state index contributed by atoms with van der Waals surface area (Å²) in [6.07, 6.45) is 5.12. The summed E-state index contributed by atoms with van der Waals surface area (Å²) in [5.41, 5.74) is 1.53. The number of carbonyl (C=O) groups is 2. The van der Waals surface area contributed by atoms with Gasteiger partial charge in [-0.15, -0.1) is 0 Å². The van der Waals surface area contributed by atoms with E-state index in [4.69, 9.17) is 5.11 Å². The molecule has 0 saturated carbocycles. The van der Waals surface area contributed by atoms with Crippen LogP contribution in [0.2, 0.25) is 0 Å². The monoisotopic (exact) mass is 292 g/mol. The number of aliphatic carboxylic acids is 1. The fourth-order valence-electron chi connectivity index (χ4n) is 2.45. The lowest BCUT2D eigenvalue weighted by atomic mass is 9.95. The summed E-state index contributed by atoms with van der Waals surface area (Å²) in [5.74, 6) is -0.765. The number of likely N-dealkylation sites (tertiary alicyclic amines) is 1. The molecule has 0 radical (unpaired) electrons. The van der Waals surface area contributed by atoms with Crippen molar-refractivity contribution in [1.29, 1.82) is 0 Å². The number of aryl methyl sites for hydroxylation is 1. The Labute approximate surface area is 123 Å². The number of amides is 2. The highest BCUT2D eigenvalue weighted by Gasteiger charge is 2.25. The van der Waals surface area contributed by atoms with Crippen LogP contribution >= 0.6 is 0 Å². The van der Waals surface area contributed by atoms with Crippen molar-refractivity contribution in [3.63, 3.8) is 0 Å². The first kappa shape index (κ1) is 15.2. The molecule has 0 aromatic carbocycles. The number of carboxylic acids is 1. The van der Waals surface area contributed by atoms with Crippen molar-refractivity contribution in [2.24, 2.45) is 5.92 Å². The van der Waals surface area contributed by atoms with E-state index in [0.717, 1.165) is 18.5 Å². The van der Waals surface area contributed by atoms with Crippen molar-refractivity contribution in [1.82, 2.24) is 20.2 Å². The van der Waals surface area contributed by atoms with Gasteiger partial charge in [-0.25, -0.2) is 4.79 Å². The Bertz CT molecular complexity index is 503. The first-order chi connectivity index (χ1) is 10.0. The summed E-state index contributed by atoms with van der Waals surface area (Å²) in [6.45, 7) is 3.34. The van der Waals surface area contributed by atoms with Gasteiger partial charge in [-0.2, -0.15) is 0 Å². The van der Waals surface area contributed by atoms with Crippen LogP contribution in [0.5, 0.6) is 0 Å². The standard InChI is InChI=1S/C14H20N4O3/c1-10-6-16-12(7-15-10)8-17-14(21)18-4-2-3-11(9-18)5-13(19)20/h6-7,11H,2-5,8-9H2,1H3,(H,17,21)(H,19,20). The summed E-state index contributed by atoms with van der Waals surface area (Å²) in [6, 6.07) is -0.174. The van der Waals surface area contributed by atoms with Crippen molar-refractivity contribution >= 4 is 12.0 Å². The molecule has 0 spiro atoms. The molecule has 1 atom stereocenters. The zero-order chi connectivity index (χ0) is 15.2. The molecule has 1 aliphatic rings.